The Morgan fingerprint density at radius 2 is 1.10 bits per heavy atom. The first-order valence-corrected chi connectivity index (χ1v) is 17.0. The molecular weight excluding hydrogens is 506 g/mol. The van der Waals surface area contributed by atoms with Gasteiger partial charge in [0.25, 0.3) is 0 Å². The molecule has 0 fully saturated rings. The third kappa shape index (κ3) is 29.4. The molecule has 0 rings (SSSR count). The zero-order valence-electron chi connectivity index (χ0n) is 26.8. The van der Waals surface area contributed by atoms with Gasteiger partial charge in [-0.05, 0) is 64.2 Å². The monoisotopic (exact) mass is 571 g/mol. The molecule has 0 spiro atoms. The van der Waals surface area contributed by atoms with E-state index in [9.17, 15) is 15.0 Å². The van der Waals surface area contributed by atoms with Crippen LogP contribution in [0.5, 0.6) is 0 Å². The fourth-order valence-electron chi connectivity index (χ4n) is 4.62. The minimum absolute atomic E-state index is 0.0885. The van der Waals surface area contributed by atoms with E-state index in [1.807, 2.05) is 6.08 Å². The minimum Gasteiger partial charge on any atom is -0.394 e. The molecule has 0 aromatic rings. The third-order valence-corrected chi connectivity index (χ3v) is 7.24. The molecule has 3 N–H and O–H groups in total. The second-order valence-electron chi connectivity index (χ2n) is 11.2. The van der Waals surface area contributed by atoms with Crippen molar-refractivity contribution in [2.75, 3.05) is 6.61 Å². The first-order valence-electron chi connectivity index (χ1n) is 17.0. The zero-order valence-corrected chi connectivity index (χ0v) is 26.8. The number of aliphatic hydroxyl groups is 2. The fourth-order valence-corrected chi connectivity index (χ4v) is 4.62. The summed E-state index contributed by atoms with van der Waals surface area (Å²) in [7, 11) is 0. The third-order valence-electron chi connectivity index (χ3n) is 7.24. The number of allylic oxidation sites excluding steroid dienone is 9. The average molecular weight is 572 g/mol. The average Bonchev–Trinajstić information content (AvgIpc) is 2.97. The second-order valence-corrected chi connectivity index (χ2v) is 11.2. The molecule has 0 saturated carbocycles. The van der Waals surface area contributed by atoms with Gasteiger partial charge in [0, 0.05) is 6.42 Å². The minimum atomic E-state index is -0.870. The van der Waals surface area contributed by atoms with E-state index in [0.717, 1.165) is 44.9 Å². The molecule has 1 amide bonds. The first-order chi connectivity index (χ1) is 20.2. The Morgan fingerprint density at radius 1 is 0.610 bits per heavy atom. The summed E-state index contributed by atoms with van der Waals surface area (Å²) in [6, 6.07) is -0.646. The van der Waals surface area contributed by atoms with E-state index in [4.69, 9.17) is 0 Å². The van der Waals surface area contributed by atoms with E-state index < -0.39 is 12.1 Å². The van der Waals surface area contributed by atoms with Gasteiger partial charge in [0.15, 0.2) is 0 Å². The number of rotatable bonds is 29. The largest absolute Gasteiger partial charge is 0.394 e. The molecule has 2 atom stereocenters. The van der Waals surface area contributed by atoms with E-state index in [0.29, 0.717) is 6.42 Å². The van der Waals surface area contributed by atoms with Gasteiger partial charge < -0.3 is 15.5 Å². The molecule has 0 saturated heterocycles. The Kier molecular flexibility index (Phi) is 31.1. The highest BCUT2D eigenvalue weighted by Crippen LogP contribution is 2.12. The molecule has 0 heterocycles. The van der Waals surface area contributed by atoms with Gasteiger partial charge in [0.1, 0.15) is 0 Å². The van der Waals surface area contributed by atoms with Crippen LogP contribution < -0.4 is 5.32 Å². The van der Waals surface area contributed by atoms with Gasteiger partial charge in [-0.1, -0.05) is 139 Å². The standard InChI is InChI=1S/C37H65NO3/c1-3-5-7-9-11-13-15-16-17-18-19-20-21-22-23-25-27-29-31-33-37(41)38-35(34-39)36(40)32-30-28-26-24-14-12-10-8-6-4-2/h6,8,11,13-16,24,30,32,35-36,39-40H,3-5,7,9-10,12,17-23,25-29,31,33-34H2,1-2H3,(H,38,41)/b8-6+,13-11-,16-15-,24-14+,32-30+. The molecule has 0 aromatic heterocycles. The van der Waals surface area contributed by atoms with E-state index in [1.54, 1.807) is 6.08 Å². The number of carbonyl (C=O) groups is 1. The van der Waals surface area contributed by atoms with Crippen LogP contribution in [0.15, 0.2) is 60.8 Å². The van der Waals surface area contributed by atoms with Crippen molar-refractivity contribution in [3.8, 4) is 0 Å². The van der Waals surface area contributed by atoms with E-state index in [-0.39, 0.29) is 12.5 Å². The van der Waals surface area contributed by atoms with Crippen molar-refractivity contribution < 1.29 is 15.0 Å². The summed E-state index contributed by atoms with van der Waals surface area (Å²) in [4.78, 5) is 12.3. The molecule has 4 heteroatoms. The Balaban J connectivity index is 3.67. The Labute approximate surface area is 254 Å². The van der Waals surface area contributed by atoms with Crippen LogP contribution in [0.1, 0.15) is 149 Å². The molecule has 0 bridgehead atoms. The summed E-state index contributed by atoms with van der Waals surface area (Å²) >= 11 is 0. The summed E-state index contributed by atoms with van der Waals surface area (Å²) in [6.07, 6.45) is 44.5. The molecule has 0 aliphatic carbocycles. The maximum atomic E-state index is 12.3. The van der Waals surface area contributed by atoms with Gasteiger partial charge in [-0.3, -0.25) is 4.79 Å². The van der Waals surface area contributed by atoms with E-state index in [2.05, 4.69) is 67.8 Å². The topological polar surface area (TPSA) is 69.6 Å². The number of amides is 1. The molecule has 236 valence electrons. The quantitative estimate of drug-likeness (QED) is 0.0475. The number of hydrogen-bond acceptors (Lipinski definition) is 3. The van der Waals surface area contributed by atoms with Crippen molar-refractivity contribution in [2.24, 2.45) is 0 Å². The highest BCUT2D eigenvalue weighted by atomic mass is 16.3. The van der Waals surface area contributed by atoms with Crippen molar-refractivity contribution in [2.45, 2.75) is 161 Å². The Hall–Kier alpha value is -1.91. The first kappa shape index (κ1) is 39.1. The van der Waals surface area contributed by atoms with Gasteiger partial charge in [0.2, 0.25) is 5.91 Å². The molecule has 4 nitrogen and oxygen atoms in total. The van der Waals surface area contributed by atoms with E-state index in [1.165, 1.54) is 83.5 Å². The number of unbranched alkanes of at least 4 members (excludes halogenated alkanes) is 15. The van der Waals surface area contributed by atoms with Crippen LogP contribution in [0.2, 0.25) is 0 Å². The van der Waals surface area contributed by atoms with Crippen molar-refractivity contribution in [3.05, 3.63) is 60.8 Å². The molecule has 0 aromatic carbocycles. The summed E-state index contributed by atoms with van der Waals surface area (Å²) in [5, 5.41) is 22.7. The molecule has 41 heavy (non-hydrogen) atoms. The molecule has 2 unspecified atom stereocenters. The Bertz CT molecular complexity index is 707. The van der Waals surface area contributed by atoms with Crippen LogP contribution in [-0.2, 0) is 4.79 Å². The van der Waals surface area contributed by atoms with E-state index >= 15 is 0 Å². The maximum absolute atomic E-state index is 12.3. The lowest BCUT2D eigenvalue weighted by atomic mass is 10.0. The van der Waals surface area contributed by atoms with Crippen LogP contribution in [0, 0.1) is 0 Å². The van der Waals surface area contributed by atoms with Crippen LogP contribution in [0.25, 0.3) is 0 Å². The molecule has 0 radical (unpaired) electrons. The SMILES string of the molecule is CC/C=C/CC/C=C/CC/C=C/C(O)C(CO)NC(=O)CCCCCCCCCCCC/C=C\C=C/CCCCC. The van der Waals surface area contributed by atoms with Crippen molar-refractivity contribution in [1.82, 2.24) is 5.32 Å². The van der Waals surface area contributed by atoms with Gasteiger partial charge in [-0.2, -0.15) is 0 Å². The normalized spacial score (nSPS) is 14.0. The smallest absolute Gasteiger partial charge is 0.220 e. The number of carbonyl (C=O) groups excluding carboxylic acids is 1. The van der Waals surface area contributed by atoms with Gasteiger partial charge in [-0.15, -0.1) is 0 Å². The second kappa shape index (κ2) is 32.6. The van der Waals surface area contributed by atoms with Crippen LogP contribution >= 0.6 is 0 Å². The van der Waals surface area contributed by atoms with Crippen molar-refractivity contribution in [1.29, 1.82) is 0 Å². The van der Waals surface area contributed by atoms with Crippen LogP contribution in [0.3, 0.4) is 0 Å². The molecule has 0 aliphatic rings. The fraction of sp³-hybridized carbons (Fsp3) is 0.703. The van der Waals surface area contributed by atoms with Crippen LogP contribution in [-0.4, -0.2) is 34.9 Å². The molecule has 0 aliphatic heterocycles. The lowest BCUT2D eigenvalue weighted by Gasteiger charge is -2.19. The predicted octanol–water partition coefficient (Wildman–Crippen LogP) is 9.84. The summed E-state index contributed by atoms with van der Waals surface area (Å²) in [5.74, 6) is -0.0885. The Morgan fingerprint density at radius 3 is 1.63 bits per heavy atom. The van der Waals surface area contributed by atoms with Gasteiger partial charge in [0.05, 0.1) is 18.8 Å². The highest BCUT2D eigenvalue weighted by Gasteiger charge is 2.17. The van der Waals surface area contributed by atoms with Gasteiger partial charge >= 0.3 is 0 Å². The van der Waals surface area contributed by atoms with Gasteiger partial charge in [-0.25, -0.2) is 0 Å². The lowest BCUT2D eigenvalue weighted by molar-refractivity contribution is -0.123. The summed E-state index contributed by atoms with van der Waals surface area (Å²) in [5.41, 5.74) is 0. The summed E-state index contributed by atoms with van der Waals surface area (Å²) in [6.45, 7) is 4.12. The molecular formula is C37H65NO3. The van der Waals surface area contributed by atoms with Crippen LogP contribution in [0.4, 0.5) is 0 Å². The maximum Gasteiger partial charge on any atom is 0.220 e. The van der Waals surface area contributed by atoms with Crippen molar-refractivity contribution >= 4 is 5.91 Å². The van der Waals surface area contributed by atoms with Crippen molar-refractivity contribution in [3.63, 3.8) is 0 Å². The number of aliphatic hydroxyl groups excluding tert-OH is 2. The number of hydrogen-bond donors (Lipinski definition) is 3. The summed E-state index contributed by atoms with van der Waals surface area (Å²) < 4.78 is 0. The highest BCUT2D eigenvalue weighted by molar-refractivity contribution is 5.76. The zero-order chi connectivity index (χ0) is 30.1. The lowest BCUT2D eigenvalue weighted by Crippen LogP contribution is -2.45. The number of nitrogens with one attached hydrogen (secondary N) is 1. The predicted molar refractivity (Wildman–Crippen MR) is 179 cm³/mol.